The number of halogens is 3. The average molecular weight is 292 g/mol. The zero-order valence-corrected chi connectivity index (χ0v) is 11.7. The molecule has 0 bridgehead atoms. The molecule has 1 heterocycles. The molecule has 6 heteroatoms. The van der Waals surface area contributed by atoms with E-state index in [1.165, 1.54) is 0 Å². The summed E-state index contributed by atoms with van der Waals surface area (Å²) in [6.45, 7) is 0.961. The van der Waals surface area contributed by atoms with Crippen molar-refractivity contribution in [2.24, 2.45) is 23.5 Å². The third kappa shape index (κ3) is 3.45. The Bertz CT molecular complexity index is 338. The summed E-state index contributed by atoms with van der Waals surface area (Å²) in [7, 11) is 0. The van der Waals surface area contributed by atoms with E-state index in [0.717, 1.165) is 25.7 Å². The first-order chi connectivity index (χ1) is 9.43. The number of carbonyl (C=O) groups excluding carboxylic acids is 1. The van der Waals surface area contributed by atoms with E-state index in [2.05, 4.69) is 0 Å². The zero-order valence-electron chi connectivity index (χ0n) is 11.7. The molecule has 2 N–H and O–H groups in total. The van der Waals surface area contributed by atoms with Gasteiger partial charge in [-0.05, 0) is 38.1 Å². The fourth-order valence-corrected chi connectivity index (χ4v) is 3.48. The lowest BCUT2D eigenvalue weighted by molar-refractivity contribution is -0.187. The standard InChI is InChI=1S/C14H23F3N2O/c15-14(16,17)11-5-7-19(8-6-11)13(20)12-4-2-1-3-10(12)9-18/h10-12H,1-9,18H2. The third-order valence-corrected chi connectivity index (χ3v) is 4.80. The second kappa shape index (κ2) is 6.33. The zero-order chi connectivity index (χ0) is 14.8. The highest BCUT2D eigenvalue weighted by molar-refractivity contribution is 5.79. The highest BCUT2D eigenvalue weighted by atomic mass is 19.4. The van der Waals surface area contributed by atoms with Crippen LogP contribution in [0.15, 0.2) is 0 Å². The maximum atomic E-state index is 12.6. The molecule has 2 unspecified atom stereocenters. The number of likely N-dealkylation sites (tertiary alicyclic amines) is 1. The number of nitrogens with two attached hydrogens (primary N) is 1. The number of carbonyl (C=O) groups is 1. The van der Waals surface area contributed by atoms with Gasteiger partial charge >= 0.3 is 6.18 Å². The van der Waals surface area contributed by atoms with Crippen molar-refractivity contribution in [1.29, 1.82) is 0 Å². The summed E-state index contributed by atoms with van der Waals surface area (Å²) in [5, 5.41) is 0. The van der Waals surface area contributed by atoms with Crippen LogP contribution in [0, 0.1) is 17.8 Å². The van der Waals surface area contributed by atoms with Gasteiger partial charge in [-0.2, -0.15) is 13.2 Å². The van der Waals surface area contributed by atoms with E-state index in [9.17, 15) is 18.0 Å². The molecule has 3 nitrogen and oxygen atoms in total. The van der Waals surface area contributed by atoms with E-state index < -0.39 is 12.1 Å². The first-order valence-corrected chi connectivity index (χ1v) is 7.49. The van der Waals surface area contributed by atoms with Gasteiger partial charge in [0, 0.05) is 19.0 Å². The van der Waals surface area contributed by atoms with Crippen LogP contribution in [0.2, 0.25) is 0 Å². The van der Waals surface area contributed by atoms with Crippen LogP contribution in [0.4, 0.5) is 13.2 Å². The van der Waals surface area contributed by atoms with E-state index >= 15 is 0 Å². The summed E-state index contributed by atoms with van der Waals surface area (Å²) in [5.74, 6) is -1.09. The van der Waals surface area contributed by atoms with Crippen LogP contribution in [-0.2, 0) is 4.79 Å². The molecule has 2 rings (SSSR count). The molecular formula is C14H23F3N2O. The maximum absolute atomic E-state index is 12.6. The summed E-state index contributed by atoms with van der Waals surface area (Å²) in [6, 6.07) is 0. The van der Waals surface area contributed by atoms with Crippen molar-refractivity contribution in [2.45, 2.75) is 44.7 Å². The number of alkyl halides is 3. The van der Waals surface area contributed by atoms with Gasteiger partial charge in [0.15, 0.2) is 0 Å². The van der Waals surface area contributed by atoms with Gasteiger partial charge in [0.25, 0.3) is 0 Å². The Morgan fingerprint density at radius 2 is 1.70 bits per heavy atom. The Labute approximate surface area is 117 Å². The second-order valence-corrected chi connectivity index (χ2v) is 6.03. The minimum absolute atomic E-state index is 0.0285. The Kier molecular flexibility index (Phi) is 4.94. The normalized spacial score (nSPS) is 29.5. The number of amides is 1. The van der Waals surface area contributed by atoms with E-state index in [1.54, 1.807) is 4.90 Å². The Morgan fingerprint density at radius 1 is 1.10 bits per heavy atom. The molecule has 2 aliphatic rings. The lowest BCUT2D eigenvalue weighted by atomic mass is 9.78. The van der Waals surface area contributed by atoms with Gasteiger partial charge in [-0.25, -0.2) is 0 Å². The van der Waals surface area contributed by atoms with Gasteiger partial charge in [0.1, 0.15) is 0 Å². The largest absolute Gasteiger partial charge is 0.391 e. The number of piperidine rings is 1. The van der Waals surface area contributed by atoms with Crippen molar-refractivity contribution >= 4 is 5.91 Å². The van der Waals surface area contributed by atoms with Crippen molar-refractivity contribution in [3.8, 4) is 0 Å². The van der Waals surface area contributed by atoms with Crippen LogP contribution in [0.1, 0.15) is 38.5 Å². The van der Waals surface area contributed by atoms with E-state index in [-0.39, 0.29) is 43.7 Å². The molecule has 0 radical (unpaired) electrons. The van der Waals surface area contributed by atoms with Crippen molar-refractivity contribution < 1.29 is 18.0 Å². The number of nitrogens with zero attached hydrogens (tertiary/aromatic N) is 1. The maximum Gasteiger partial charge on any atom is 0.391 e. The first-order valence-electron chi connectivity index (χ1n) is 7.49. The first kappa shape index (κ1) is 15.6. The highest BCUT2D eigenvalue weighted by Crippen LogP contribution is 2.36. The molecular weight excluding hydrogens is 269 g/mol. The Hall–Kier alpha value is -0.780. The van der Waals surface area contributed by atoms with Crippen LogP contribution >= 0.6 is 0 Å². The molecule has 1 saturated heterocycles. The number of hydrogen-bond donors (Lipinski definition) is 1. The van der Waals surface area contributed by atoms with Crippen molar-refractivity contribution in [2.75, 3.05) is 19.6 Å². The lowest BCUT2D eigenvalue weighted by Crippen LogP contribution is -2.47. The summed E-state index contributed by atoms with van der Waals surface area (Å²) in [6.07, 6.45) is -0.135. The third-order valence-electron chi connectivity index (χ3n) is 4.80. The van der Waals surface area contributed by atoms with Gasteiger partial charge in [-0.3, -0.25) is 4.79 Å². The molecule has 0 spiro atoms. The SMILES string of the molecule is NCC1CCCCC1C(=O)N1CCC(C(F)(F)F)CC1. The predicted octanol–water partition coefficient (Wildman–Crippen LogP) is 2.55. The fraction of sp³-hybridized carbons (Fsp3) is 0.929. The summed E-state index contributed by atoms with van der Waals surface area (Å²) in [4.78, 5) is 14.1. The molecule has 20 heavy (non-hydrogen) atoms. The molecule has 0 aromatic carbocycles. The molecule has 2 fully saturated rings. The van der Waals surface area contributed by atoms with Crippen LogP contribution in [0.25, 0.3) is 0 Å². The van der Waals surface area contributed by atoms with E-state index in [4.69, 9.17) is 5.73 Å². The minimum Gasteiger partial charge on any atom is -0.342 e. The Balaban J connectivity index is 1.91. The molecule has 1 aliphatic heterocycles. The highest BCUT2D eigenvalue weighted by Gasteiger charge is 2.43. The summed E-state index contributed by atoms with van der Waals surface area (Å²) >= 11 is 0. The van der Waals surface area contributed by atoms with Crippen molar-refractivity contribution in [3.63, 3.8) is 0 Å². The van der Waals surface area contributed by atoms with Gasteiger partial charge in [0.2, 0.25) is 5.91 Å². The number of hydrogen-bond acceptors (Lipinski definition) is 2. The fourth-order valence-electron chi connectivity index (χ4n) is 3.48. The van der Waals surface area contributed by atoms with Gasteiger partial charge in [-0.15, -0.1) is 0 Å². The van der Waals surface area contributed by atoms with Crippen LogP contribution < -0.4 is 5.73 Å². The topological polar surface area (TPSA) is 46.3 Å². The quantitative estimate of drug-likeness (QED) is 0.850. The van der Waals surface area contributed by atoms with Gasteiger partial charge < -0.3 is 10.6 Å². The molecule has 0 aromatic rings. The number of rotatable bonds is 2. The second-order valence-electron chi connectivity index (χ2n) is 6.03. The van der Waals surface area contributed by atoms with Gasteiger partial charge in [0.05, 0.1) is 5.92 Å². The minimum atomic E-state index is -4.13. The molecule has 1 saturated carbocycles. The molecule has 116 valence electrons. The van der Waals surface area contributed by atoms with Crippen molar-refractivity contribution in [3.05, 3.63) is 0 Å². The summed E-state index contributed by atoms with van der Waals surface area (Å²) < 4.78 is 37.9. The van der Waals surface area contributed by atoms with Crippen LogP contribution in [0.3, 0.4) is 0 Å². The Morgan fingerprint density at radius 3 is 2.25 bits per heavy atom. The van der Waals surface area contributed by atoms with E-state index in [1.807, 2.05) is 0 Å². The van der Waals surface area contributed by atoms with Crippen LogP contribution in [-0.4, -0.2) is 36.6 Å². The predicted molar refractivity (Wildman–Crippen MR) is 69.9 cm³/mol. The molecule has 2 atom stereocenters. The molecule has 0 aromatic heterocycles. The van der Waals surface area contributed by atoms with Gasteiger partial charge in [-0.1, -0.05) is 12.8 Å². The van der Waals surface area contributed by atoms with Crippen LogP contribution in [0.5, 0.6) is 0 Å². The average Bonchev–Trinajstić information content (AvgIpc) is 2.45. The summed E-state index contributed by atoms with van der Waals surface area (Å²) in [5.41, 5.74) is 5.72. The monoisotopic (exact) mass is 292 g/mol. The molecule has 1 aliphatic carbocycles. The van der Waals surface area contributed by atoms with E-state index in [0.29, 0.717) is 6.54 Å². The molecule has 1 amide bonds. The smallest absolute Gasteiger partial charge is 0.342 e. The lowest BCUT2D eigenvalue weighted by Gasteiger charge is -2.38. The van der Waals surface area contributed by atoms with Crippen molar-refractivity contribution in [1.82, 2.24) is 4.90 Å².